The van der Waals surface area contributed by atoms with Gasteiger partial charge in [0.2, 0.25) is 5.91 Å². The van der Waals surface area contributed by atoms with Crippen LogP contribution in [0.5, 0.6) is 11.5 Å². The van der Waals surface area contributed by atoms with Crippen LogP contribution < -0.4 is 14.8 Å². The van der Waals surface area contributed by atoms with Gasteiger partial charge in [-0.1, -0.05) is 76.2 Å². The summed E-state index contributed by atoms with van der Waals surface area (Å²) in [7, 11) is 1.61. The number of ether oxygens (including phenoxy) is 2. The first-order valence-corrected chi connectivity index (χ1v) is 14.1. The molecule has 0 unspecified atom stereocenters. The van der Waals surface area contributed by atoms with E-state index in [0.29, 0.717) is 24.5 Å². The molecule has 0 aliphatic rings. The van der Waals surface area contributed by atoms with Crippen LogP contribution in [0.1, 0.15) is 50.8 Å². The van der Waals surface area contributed by atoms with Crippen LogP contribution in [0, 0.1) is 0 Å². The number of amides is 2. The first kappa shape index (κ1) is 30.2. The molecule has 0 saturated carbocycles. The summed E-state index contributed by atoms with van der Waals surface area (Å²) < 4.78 is 12.2. The maximum Gasteiger partial charge on any atom is 0.261 e. The molecule has 0 bridgehead atoms. The Kier molecular flexibility index (Phi) is 11.0. The van der Waals surface area contributed by atoms with Crippen molar-refractivity contribution >= 4 is 27.7 Å². The van der Waals surface area contributed by atoms with E-state index in [1.54, 1.807) is 12.0 Å². The fourth-order valence-corrected chi connectivity index (χ4v) is 4.69. The highest BCUT2D eigenvalue weighted by Gasteiger charge is 2.31. The monoisotopic (exact) mass is 594 g/mol. The number of rotatable bonds is 12. The molecule has 39 heavy (non-hydrogen) atoms. The van der Waals surface area contributed by atoms with E-state index in [1.807, 2.05) is 79.7 Å². The van der Waals surface area contributed by atoms with Crippen LogP contribution in [-0.2, 0) is 28.0 Å². The van der Waals surface area contributed by atoms with Gasteiger partial charge in [0, 0.05) is 19.5 Å². The average Bonchev–Trinajstić information content (AvgIpc) is 2.92. The molecule has 3 aromatic carbocycles. The summed E-state index contributed by atoms with van der Waals surface area (Å²) in [4.78, 5) is 28.9. The second-order valence-electron chi connectivity index (χ2n) is 10.6. The maximum absolute atomic E-state index is 13.8. The van der Waals surface area contributed by atoms with Gasteiger partial charge in [0.15, 0.2) is 6.61 Å². The molecule has 0 saturated heterocycles. The van der Waals surface area contributed by atoms with E-state index in [-0.39, 0.29) is 30.4 Å². The van der Waals surface area contributed by atoms with Gasteiger partial charge in [-0.2, -0.15) is 0 Å². The van der Waals surface area contributed by atoms with Gasteiger partial charge in [-0.15, -0.1) is 0 Å². The average molecular weight is 596 g/mol. The summed E-state index contributed by atoms with van der Waals surface area (Å²) in [6.07, 6.45) is 1.19. The van der Waals surface area contributed by atoms with Crippen molar-refractivity contribution in [3.63, 3.8) is 0 Å². The third kappa shape index (κ3) is 8.85. The Morgan fingerprint density at radius 1 is 0.974 bits per heavy atom. The molecule has 0 aromatic heterocycles. The number of hydrogen-bond acceptors (Lipinski definition) is 4. The van der Waals surface area contributed by atoms with Crippen LogP contribution in [0.25, 0.3) is 0 Å². The highest BCUT2D eigenvalue weighted by molar-refractivity contribution is 9.10. The Labute approximate surface area is 240 Å². The Balaban J connectivity index is 1.91. The Morgan fingerprint density at radius 2 is 1.69 bits per heavy atom. The van der Waals surface area contributed by atoms with Crippen LogP contribution in [-0.4, -0.2) is 43.0 Å². The van der Waals surface area contributed by atoms with E-state index < -0.39 is 6.04 Å². The quantitative estimate of drug-likeness (QED) is 0.267. The summed E-state index contributed by atoms with van der Waals surface area (Å²) in [5, 5.41) is 2.99. The summed E-state index contributed by atoms with van der Waals surface area (Å²) >= 11 is 3.59. The zero-order valence-electron chi connectivity index (χ0n) is 23.5. The van der Waals surface area contributed by atoms with Crippen molar-refractivity contribution in [2.75, 3.05) is 20.3 Å². The zero-order chi connectivity index (χ0) is 28.4. The second-order valence-corrected chi connectivity index (χ2v) is 11.4. The summed E-state index contributed by atoms with van der Waals surface area (Å²) in [5.41, 5.74) is 2.97. The smallest absolute Gasteiger partial charge is 0.261 e. The van der Waals surface area contributed by atoms with Crippen LogP contribution in [0.4, 0.5) is 0 Å². The lowest BCUT2D eigenvalue weighted by Crippen LogP contribution is -2.51. The second kappa shape index (κ2) is 14.2. The number of carbonyl (C=O) groups excluding carboxylic acids is 2. The lowest BCUT2D eigenvalue weighted by molar-refractivity contribution is -0.142. The fourth-order valence-electron chi connectivity index (χ4n) is 4.19. The SMILES string of the molecule is CCCNC(=O)[C@@H](Cc1ccccc1)N(Cc1cccc(OC)c1)C(=O)COc1ccc(C(C)(C)C)cc1Br. The van der Waals surface area contributed by atoms with Crippen molar-refractivity contribution in [3.8, 4) is 11.5 Å². The van der Waals surface area contributed by atoms with Gasteiger partial charge in [-0.05, 0) is 68.7 Å². The Morgan fingerprint density at radius 3 is 2.33 bits per heavy atom. The number of methoxy groups -OCH3 is 1. The van der Waals surface area contributed by atoms with Crippen molar-refractivity contribution in [1.82, 2.24) is 10.2 Å². The highest BCUT2D eigenvalue weighted by atomic mass is 79.9. The van der Waals surface area contributed by atoms with E-state index in [4.69, 9.17) is 9.47 Å². The largest absolute Gasteiger partial charge is 0.497 e. The van der Waals surface area contributed by atoms with E-state index in [1.165, 1.54) is 0 Å². The lowest BCUT2D eigenvalue weighted by atomic mass is 9.87. The van der Waals surface area contributed by atoms with Crippen molar-refractivity contribution in [2.24, 2.45) is 0 Å². The molecular weight excluding hydrogens is 556 g/mol. The molecule has 7 heteroatoms. The van der Waals surface area contributed by atoms with Crippen LogP contribution in [0.2, 0.25) is 0 Å². The molecule has 208 valence electrons. The van der Waals surface area contributed by atoms with Crippen molar-refractivity contribution in [2.45, 2.75) is 58.5 Å². The van der Waals surface area contributed by atoms with Gasteiger partial charge < -0.3 is 19.7 Å². The minimum Gasteiger partial charge on any atom is -0.497 e. The third-order valence-corrected chi connectivity index (χ3v) is 7.08. The van der Waals surface area contributed by atoms with Gasteiger partial charge >= 0.3 is 0 Å². The van der Waals surface area contributed by atoms with Crippen LogP contribution in [0.15, 0.2) is 77.3 Å². The molecule has 1 N–H and O–H groups in total. The summed E-state index contributed by atoms with van der Waals surface area (Å²) in [6, 6.07) is 22.5. The predicted molar refractivity (Wildman–Crippen MR) is 159 cm³/mol. The molecule has 0 fully saturated rings. The van der Waals surface area contributed by atoms with Gasteiger partial charge in [0.05, 0.1) is 11.6 Å². The maximum atomic E-state index is 13.8. The number of nitrogens with zero attached hydrogens (tertiary/aromatic N) is 1. The highest BCUT2D eigenvalue weighted by Crippen LogP contribution is 2.31. The number of carbonyl (C=O) groups is 2. The van der Waals surface area contributed by atoms with Crippen molar-refractivity contribution in [1.29, 1.82) is 0 Å². The molecular formula is C32H39BrN2O4. The minimum atomic E-state index is -0.715. The van der Waals surface area contributed by atoms with E-state index in [0.717, 1.165) is 27.6 Å². The molecule has 0 aliphatic carbocycles. The molecule has 6 nitrogen and oxygen atoms in total. The molecule has 1 atom stereocenters. The molecule has 3 rings (SSSR count). The van der Waals surface area contributed by atoms with Gasteiger partial charge in [-0.25, -0.2) is 0 Å². The topological polar surface area (TPSA) is 67.9 Å². The van der Waals surface area contributed by atoms with E-state index in [9.17, 15) is 9.59 Å². The molecule has 2 amide bonds. The number of nitrogens with one attached hydrogen (secondary N) is 1. The molecule has 0 radical (unpaired) electrons. The van der Waals surface area contributed by atoms with Gasteiger partial charge in [0.25, 0.3) is 5.91 Å². The van der Waals surface area contributed by atoms with Gasteiger partial charge in [-0.3, -0.25) is 9.59 Å². The van der Waals surface area contributed by atoms with E-state index in [2.05, 4.69) is 42.0 Å². The first-order valence-electron chi connectivity index (χ1n) is 13.3. The predicted octanol–water partition coefficient (Wildman–Crippen LogP) is 6.30. The first-order chi connectivity index (χ1) is 18.6. The summed E-state index contributed by atoms with van der Waals surface area (Å²) in [5.74, 6) is 0.798. The number of hydrogen-bond donors (Lipinski definition) is 1. The number of halogens is 1. The minimum absolute atomic E-state index is 0.0130. The van der Waals surface area contributed by atoms with Crippen molar-refractivity contribution < 1.29 is 19.1 Å². The fraction of sp³-hybridized carbons (Fsp3) is 0.375. The molecule has 0 spiro atoms. The van der Waals surface area contributed by atoms with Crippen LogP contribution in [0.3, 0.4) is 0 Å². The normalized spacial score (nSPS) is 11.9. The third-order valence-electron chi connectivity index (χ3n) is 6.46. The Hall–Kier alpha value is -3.32. The molecule has 0 heterocycles. The number of benzene rings is 3. The van der Waals surface area contributed by atoms with Crippen molar-refractivity contribution in [3.05, 3.63) is 94.0 Å². The standard InChI is InChI=1S/C32H39BrN2O4/c1-6-17-34-31(37)28(19-23-11-8-7-9-12-23)35(21-24-13-10-14-26(18-24)38-5)30(36)22-39-29-16-15-25(20-27(29)33)32(2,3)4/h7-16,18,20,28H,6,17,19,21-22H2,1-5H3,(H,34,37)/t28-/m1/s1. The lowest BCUT2D eigenvalue weighted by Gasteiger charge is -2.31. The molecule has 0 aliphatic heterocycles. The summed E-state index contributed by atoms with van der Waals surface area (Å²) in [6.45, 7) is 9.00. The van der Waals surface area contributed by atoms with Gasteiger partial charge in [0.1, 0.15) is 17.5 Å². The zero-order valence-corrected chi connectivity index (χ0v) is 25.1. The molecule has 3 aromatic rings. The van der Waals surface area contributed by atoms with E-state index >= 15 is 0 Å². The Bertz CT molecular complexity index is 1240. The van der Waals surface area contributed by atoms with Crippen LogP contribution >= 0.6 is 15.9 Å².